The van der Waals surface area contributed by atoms with E-state index in [9.17, 15) is 4.79 Å². The quantitative estimate of drug-likeness (QED) is 0.728. The summed E-state index contributed by atoms with van der Waals surface area (Å²) >= 11 is 1.72. The fraction of sp³-hybridized carbons (Fsp3) is 0.286. The molecule has 142 valence electrons. The van der Waals surface area contributed by atoms with Gasteiger partial charge in [-0.2, -0.15) is 0 Å². The zero-order chi connectivity index (χ0) is 19.1. The molecule has 0 saturated carbocycles. The number of pyridine rings is 2. The van der Waals surface area contributed by atoms with Crippen LogP contribution < -0.4 is 5.32 Å². The van der Waals surface area contributed by atoms with Gasteiger partial charge >= 0.3 is 0 Å². The third-order valence-corrected chi connectivity index (χ3v) is 6.50. The van der Waals surface area contributed by atoms with Gasteiger partial charge < -0.3 is 15.1 Å². The van der Waals surface area contributed by atoms with Crippen molar-refractivity contribution in [2.75, 3.05) is 45.1 Å². The van der Waals surface area contributed by atoms with Crippen LogP contribution >= 0.6 is 11.3 Å². The van der Waals surface area contributed by atoms with Crippen LogP contribution in [0.5, 0.6) is 0 Å². The van der Waals surface area contributed by atoms with Crippen molar-refractivity contribution in [1.29, 1.82) is 0 Å². The zero-order valence-electron chi connectivity index (χ0n) is 15.7. The van der Waals surface area contributed by atoms with Crippen LogP contribution in [0.15, 0.2) is 42.9 Å². The van der Waals surface area contributed by atoms with Crippen molar-refractivity contribution in [3.8, 4) is 0 Å². The number of hydrogen-bond acceptors (Lipinski definition) is 6. The Kier molecular flexibility index (Phi) is 4.33. The predicted octanol–water partition coefficient (Wildman–Crippen LogP) is 2.94. The number of fused-ring (bicyclic) bond motifs is 2. The molecule has 0 bridgehead atoms. The van der Waals surface area contributed by atoms with Gasteiger partial charge in [0.2, 0.25) is 0 Å². The lowest BCUT2D eigenvalue weighted by molar-refractivity contribution is 0.0663. The number of nitrogens with zero attached hydrogens (tertiary/aromatic N) is 4. The van der Waals surface area contributed by atoms with Gasteiger partial charge in [-0.1, -0.05) is 6.08 Å². The second-order valence-corrected chi connectivity index (χ2v) is 8.32. The van der Waals surface area contributed by atoms with Crippen molar-refractivity contribution in [2.45, 2.75) is 0 Å². The second kappa shape index (κ2) is 7.00. The van der Waals surface area contributed by atoms with Crippen LogP contribution in [0.25, 0.3) is 15.7 Å². The third-order valence-electron chi connectivity index (χ3n) is 5.38. The molecule has 0 unspecified atom stereocenters. The average Bonchev–Trinajstić information content (AvgIpc) is 3.17. The molecule has 3 aromatic heterocycles. The maximum atomic E-state index is 13.0. The molecule has 1 N–H and O–H groups in total. The molecule has 0 aromatic carbocycles. The number of anilines is 1. The van der Waals surface area contributed by atoms with E-state index in [4.69, 9.17) is 0 Å². The van der Waals surface area contributed by atoms with Crippen LogP contribution in [0.2, 0.25) is 0 Å². The molecule has 2 aliphatic heterocycles. The molecular weight excluding hydrogens is 370 g/mol. The summed E-state index contributed by atoms with van der Waals surface area (Å²) in [6.45, 7) is 4.07. The van der Waals surface area contributed by atoms with Crippen molar-refractivity contribution in [3.63, 3.8) is 0 Å². The standard InChI is InChI=1S/C21H21N5OS/c1-25-6-8-26(9-7-25)21(27)15-10-17-16(3-5-23-20(17)24-12-15)18-11-14-2-4-22-13-19(14)28-18/h2-4,10-13H,5-9H2,1H3,(H,23,24). The summed E-state index contributed by atoms with van der Waals surface area (Å²) in [5, 5.41) is 4.51. The smallest absolute Gasteiger partial charge is 0.255 e. The fourth-order valence-corrected chi connectivity index (χ4v) is 4.81. The number of rotatable bonds is 2. The van der Waals surface area contributed by atoms with Crippen LogP contribution in [0.1, 0.15) is 20.8 Å². The number of piperazine rings is 1. The summed E-state index contributed by atoms with van der Waals surface area (Å²) < 4.78 is 1.16. The fourth-order valence-electron chi connectivity index (χ4n) is 3.73. The van der Waals surface area contributed by atoms with E-state index in [0.29, 0.717) is 5.56 Å². The molecule has 1 saturated heterocycles. The van der Waals surface area contributed by atoms with E-state index in [1.807, 2.05) is 29.4 Å². The van der Waals surface area contributed by atoms with Gasteiger partial charge in [-0.25, -0.2) is 4.98 Å². The number of carbonyl (C=O) groups is 1. The topological polar surface area (TPSA) is 61.4 Å². The highest BCUT2D eigenvalue weighted by atomic mass is 32.1. The van der Waals surface area contributed by atoms with Crippen molar-refractivity contribution in [1.82, 2.24) is 19.8 Å². The first-order valence-corrected chi connectivity index (χ1v) is 10.3. The van der Waals surface area contributed by atoms with Crippen LogP contribution in [0.3, 0.4) is 0 Å². The highest BCUT2D eigenvalue weighted by molar-refractivity contribution is 7.20. The SMILES string of the molecule is CN1CCN(C(=O)c2cnc3c(c2)C(c2cc4ccncc4s2)=CCN3)CC1. The Hall–Kier alpha value is -2.77. The number of likely N-dealkylation sites (N-methyl/N-ethyl adjacent to an activating group) is 1. The first-order chi connectivity index (χ1) is 13.7. The maximum Gasteiger partial charge on any atom is 0.255 e. The first-order valence-electron chi connectivity index (χ1n) is 9.45. The van der Waals surface area contributed by atoms with E-state index < -0.39 is 0 Å². The molecule has 0 radical (unpaired) electrons. The van der Waals surface area contributed by atoms with Crippen LogP contribution in [0, 0.1) is 0 Å². The van der Waals surface area contributed by atoms with Crippen LogP contribution in [-0.2, 0) is 0 Å². The Morgan fingerprint density at radius 1 is 1.18 bits per heavy atom. The summed E-state index contributed by atoms with van der Waals surface area (Å²) in [6.07, 6.45) is 7.59. The van der Waals surface area contributed by atoms with Crippen LogP contribution in [0.4, 0.5) is 5.82 Å². The van der Waals surface area contributed by atoms with Crippen molar-refractivity contribution < 1.29 is 4.79 Å². The van der Waals surface area contributed by atoms with Crippen molar-refractivity contribution in [3.05, 3.63) is 58.9 Å². The Morgan fingerprint density at radius 3 is 2.86 bits per heavy atom. The molecule has 7 heteroatoms. The van der Waals surface area contributed by atoms with Gasteiger partial charge in [-0.3, -0.25) is 9.78 Å². The third kappa shape index (κ3) is 3.06. The molecule has 6 nitrogen and oxygen atoms in total. The van der Waals surface area contributed by atoms with Gasteiger partial charge in [-0.15, -0.1) is 11.3 Å². The number of aromatic nitrogens is 2. The molecular formula is C21H21N5OS. The number of carbonyl (C=O) groups excluding carboxylic acids is 1. The van der Waals surface area contributed by atoms with E-state index in [-0.39, 0.29) is 5.91 Å². The minimum absolute atomic E-state index is 0.0638. The van der Waals surface area contributed by atoms with Crippen molar-refractivity contribution >= 4 is 38.7 Å². The van der Waals surface area contributed by atoms with E-state index in [1.54, 1.807) is 17.5 Å². The summed E-state index contributed by atoms with van der Waals surface area (Å²) in [5.41, 5.74) is 2.78. The Labute approximate surface area is 167 Å². The van der Waals surface area contributed by atoms with E-state index in [0.717, 1.165) is 54.4 Å². The molecule has 0 atom stereocenters. The molecule has 28 heavy (non-hydrogen) atoms. The van der Waals surface area contributed by atoms with Gasteiger partial charge in [0.25, 0.3) is 5.91 Å². The lowest BCUT2D eigenvalue weighted by atomic mass is 9.99. The molecule has 1 fully saturated rings. The molecule has 5 rings (SSSR count). The highest BCUT2D eigenvalue weighted by Gasteiger charge is 2.24. The molecule has 2 aliphatic rings. The molecule has 3 aromatic rings. The molecule has 1 amide bonds. The number of nitrogens with one attached hydrogen (secondary N) is 1. The van der Waals surface area contributed by atoms with E-state index in [1.165, 1.54) is 10.3 Å². The first kappa shape index (κ1) is 17.3. The average molecular weight is 392 g/mol. The maximum absolute atomic E-state index is 13.0. The Bertz CT molecular complexity index is 1050. The number of thiophene rings is 1. The Balaban J connectivity index is 1.50. The molecule has 0 aliphatic carbocycles. The summed E-state index contributed by atoms with van der Waals surface area (Å²) in [6, 6.07) is 6.21. The van der Waals surface area contributed by atoms with Crippen molar-refractivity contribution in [2.24, 2.45) is 0 Å². The summed E-state index contributed by atoms with van der Waals surface area (Å²) in [4.78, 5) is 27.1. The van der Waals surface area contributed by atoms with Gasteiger partial charge in [0, 0.05) is 67.3 Å². The molecule has 0 spiro atoms. The minimum Gasteiger partial charge on any atom is -0.366 e. The van der Waals surface area contributed by atoms with Gasteiger partial charge in [0.15, 0.2) is 0 Å². The van der Waals surface area contributed by atoms with E-state index in [2.05, 4.69) is 39.4 Å². The molecule has 5 heterocycles. The summed E-state index contributed by atoms with van der Waals surface area (Å²) in [5.74, 6) is 0.900. The highest BCUT2D eigenvalue weighted by Crippen LogP contribution is 2.37. The lowest BCUT2D eigenvalue weighted by Gasteiger charge is -2.32. The summed E-state index contributed by atoms with van der Waals surface area (Å²) in [7, 11) is 2.09. The van der Waals surface area contributed by atoms with Gasteiger partial charge in [0.05, 0.1) is 10.3 Å². The number of hydrogen-bond donors (Lipinski definition) is 1. The van der Waals surface area contributed by atoms with Gasteiger partial charge in [-0.05, 0) is 30.6 Å². The van der Waals surface area contributed by atoms with E-state index >= 15 is 0 Å². The Morgan fingerprint density at radius 2 is 2.04 bits per heavy atom. The zero-order valence-corrected chi connectivity index (χ0v) is 16.5. The number of amides is 1. The monoisotopic (exact) mass is 391 g/mol. The normalized spacial score (nSPS) is 17.2. The minimum atomic E-state index is 0.0638. The largest absolute Gasteiger partial charge is 0.366 e. The predicted molar refractivity (Wildman–Crippen MR) is 113 cm³/mol. The second-order valence-electron chi connectivity index (χ2n) is 7.24. The van der Waals surface area contributed by atoms with Crippen LogP contribution in [-0.4, -0.2) is 65.4 Å². The van der Waals surface area contributed by atoms with Gasteiger partial charge in [0.1, 0.15) is 5.82 Å². The lowest BCUT2D eigenvalue weighted by Crippen LogP contribution is -2.47.